The van der Waals surface area contributed by atoms with Gasteiger partial charge in [0.25, 0.3) is 0 Å². The molecule has 0 saturated carbocycles. The van der Waals surface area contributed by atoms with Crippen molar-refractivity contribution in [2.75, 3.05) is 52.4 Å². The van der Waals surface area contributed by atoms with Gasteiger partial charge in [0.15, 0.2) is 0 Å². The van der Waals surface area contributed by atoms with Crippen molar-refractivity contribution in [3.05, 3.63) is 42.2 Å². The normalized spacial score (nSPS) is 22.2. The summed E-state index contributed by atoms with van der Waals surface area (Å²) in [5, 5.41) is 21.9. The van der Waals surface area contributed by atoms with Gasteiger partial charge in [-0.15, -0.1) is 0 Å². The Morgan fingerprint density at radius 2 is 1.94 bits per heavy atom. The van der Waals surface area contributed by atoms with E-state index in [9.17, 15) is 9.90 Å². The minimum Gasteiger partial charge on any atom is -0.491 e. The summed E-state index contributed by atoms with van der Waals surface area (Å²) in [5.41, 5.74) is 0.573. The summed E-state index contributed by atoms with van der Waals surface area (Å²) in [6.07, 6.45) is -0.957. The second-order valence-corrected chi connectivity index (χ2v) is 7.98. The maximum Gasteiger partial charge on any atom is 0.412 e. The molecule has 2 aliphatic heterocycles. The molecule has 31 heavy (non-hydrogen) atoms. The molecule has 9 nitrogen and oxygen atoms in total. The molecular weight excluding hydrogens is 400 g/mol. The molecule has 2 saturated heterocycles. The highest BCUT2D eigenvalue weighted by Gasteiger charge is 2.35. The Morgan fingerprint density at radius 3 is 2.55 bits per heavy atom. The SMILES string of the molecule is C=C(C)OC(=O)NCCN1CC2CN(C[C@H](O)COc3ccc(C#N)cc3)CC(C1)O2. The van der Waals surface area contributed by atoms with Gasteiger partial charge >= 0.3 is 6.09 Å². The Hall–Kier alpha value is -2.64. The number of allylic oxidation sites excluding steroid dienone is 1. The van der Waals surface area contributed by atoms with Gasteiger partial charge in [-0.05, 0) is 31.2 Å². The van der Waals surface area contributed by atoms with E-state index in [0.29, 0.717) is 30.2 Å². The maximum absolute atomic E-state index is 11.5. The molecule has 2 heterocycles. The monoisotopic (exact) mass is 430 g/mol. The average molecular weight is 431 g/mol. The van der Waals surface area contributed by atoms with Gasteiger partial charge in [-0.3, -0.25) is 9.80 Å². The lowest BCUT2D eigenvalue weighted by Crippen LogP contribution is -2.61. The highest BCUT2D eigenvalue weighted by Crippen LogP contribution is 2.19. The topological polar surface area (TPSA) is 107 Å². The van der Waals surface area contributed by atoms with Crippen molar-refractivity contribution in [2.45, 2.75) is 25.2 Å². The first-order chi connectivity index (χ1) is 14.9. The van der Waals surface area contributed by atoms with Crippen molar-refractivity contribution < 1.29 is 24.1 Å². The Morgan fingerprint density at radius 1 is 1.29 bits per heavy atom. The van der Waals surface area contributed by atoms with Crippen molar-refractivity contribution in [2.24, 2.45) is 0 Å². The van der Waals surface area contributed by atoms with E-state index in [1.165, 1.54) is 0 Å². The number of hydrogen-bond acceptors (Lipinski definition) is 8. The number of β-amino-alcohol motifs (C(OH)–C–C–N with tert-alkyl or cyclic N) is 1. The molecule has 0 spiro atoms. The van der Waals surface area contributed by atoms with Gasteiger partial charge < -0.3 is 24.6 Å². The van der Waals surface area contributed by atoms with E-state index in [0.717, 1.165) is 32.7 Å². The lowest BCUT2D eigenvalue weighted by Gasteiger charge is -2.46. The van der Waals surface area contributed by atoms with Crippen LogP contribution >= 0.6 is 0 Å². The van der Waals surface area contributed by atoms with E-state index in [1.807, 2.05) is 0 Å². The van der Waals surface area contributed by atoms with E-state index in [1.54, 1.807) is 31.2 Å². The largest absolute Gasteiger partial charge is 0.491 e. The van der Waals surface area contributed by atoms with Crippen LogP contribution in [0.5, 0.6) is 5.75 Å². The fourth-order valence-corrected chi connectivity index (χ4v) is 3.87. The first kappa shape index (κ1) is 23.0. The number of aliphatic hydroxyl groups excluding tert-OH is 1. The second-order valence-electron chi connectivity index (χ2n) is 7.98. The van der Waals surface area contributed by atoms with E-state index in [2.05, 4.69) is 27.8 Å². The van der Waals surface area contributed by atoms with Crippen LogP contribution in [0, 0.1) is 11.3 Å². The molecule has 0 radical (unpaired) electrons. The first-order valence-corrected chi connectivity index (χ1v) is 10.4. The number of alkyl carbamates (subject to hydrolysis) is 1. The molecule has 0 aromatic heterocycles. The number of morpholine rings is 2. The zero-order chi connectivity index (χ0) is 22.2. The summed E-state index contributed by atoms with van der Waals surface area (Å²) in [7, 11) is 0. The summed E-state index contributed by atoms with van der Waals surface area (Å²) in [5.74, 6) is 0.997. The highest BCUT2D eigenvalue weighted by atomic mass is 16.6. The second kappa shape index (κ2) is 11.1. The number of carbonyl (C=O) groups excluding carboxylic acids is 1. The minimum atomic E-state index is -0.617. The number of nitrogens with zero attached hydrogens (tertiary/aromatic N) is 3. The zero-order valence-electron chi connectivity index (χ0n) is 17.8. The van der Waals surface area contributed by atoms with E-state index in [-0.39, 0.29) is 18.8 Å². The molecular formula is C22H30N4O5. The number of rotatable bonds is 9. The van der Waals surface area contributed by atoms with Crippen molar-refractivity contribution in [1.29, 1.82) is 5.26 Å². The van der Waals surface area contributed by atoms with E-state index < -0.39 is 12.2 Å². The third-order valence-corrected chi connectivity index (χ3v) is 5.09. The number of benzene rings is 1. The number of nitrogens with one attached hydrogen (secondary N) is 1. The van der Waals surface area contributed by atoms with Crippen LogP contribution in [0.2, 0.25) is 0 Å². The number of fused-ring (bicyclic) bond motifs is 2. The van der Waals surface area contributed by atoms with Crippen LogP contribution in [0.3, 0.4) is 0 Å². The zero-order valence-corrected chi connectivity index (χ0v) is 17.8. The first-order valence-electron chi connectivity index (χ1n) is 10.4. The molecule has 2 N–H and O–H groups in total. The van der Waals surface area contributed by atoms with Gasteiger partial charge in [0.1, 0.15) is 18.5 Å². The summed E-state index contributed by atoms with van der Waals surface area (Å²) < 4.78 is 16.6. The summed E-state index contributed by atoms with van der Waals surface area (Å²) >= 11 is 0. The van der Waals surface area contributed by atoms with E-state index >= 15 is 0 Å². The molecule has 1 aromatic carbocycles. The molecule has 1 amide bonds. The minimum absolute atomic E-state index is 0.0708. The molecule has 3 atom stereocenters. The predicted octanol–water partition coefficient (Wildman–Crippen LogP) is 0.943. The number of nitriles is 1. The molecule has 9 heteroatoms. The van der Waals surface area contributed by atoms with Gasteiger partial charge in [-0.1, -0.05) is 6.58 Å². The molecule has 0 aliphatic carbocycles. The third-order valence-electron chi connectivity index (χ3n) is 5.09. The van der Waals surface area contributed by atoms with Gasteiger partial charge in [-0.25, -0.2) is 4.79 Å². The van der Waals surface area contributed by atoms with Crippen molar-refractivity contribution >= 4 is 6.09 Å². The molecule has 2 unspecified atom stereocenters. The lowest BCUT2D eigenvalue weighted by molar-refractivity contribution is -0.142. The van der Waals surface area contributed by atoms with Crippen LogP contribution in [0.15, 0.2) is 36.6 Å². The summed E-state index contributed by atoms with van der Waals surface area (Å²) in [6, 6.07) is 8.90. The Bertz CT molecular complexity index is 780. The molecule has 1 aromatic rings. The van der Waals surface area contributed by atoms with E-state index in [4.69, 9.17) is 19.5 Å². The number of carbonyl (C=O) groups is 1. The van der Waals surface area contributed by atoms with Crippen molar-refractivity contribution in [3.63, 3.8) is 0 Å². The van der Waals surface area contributed by atoms with Gasteiger partial charge in [0, 0.05) is 45.8 Å². The van der Waals surface area contributed by atoms with Crippen LogP contribution in [0.25, 0.3) is 0 Å². The molecule has 168 valence electrons. The maximum atomic E-state index is 11.5. The predicted molar refractivity (Wildman–Crippen MR) is 113 cm³/mol. The molecule has 3 rings (SSSR count). The van der Waals surface area contributed by atoms with Crippen LogP contribution < -0.4 is 10.1 Å². The fourth-order valence-electron chi connectivity index (χ4n) is 3.87. The average Bonchev–Trinajstić information content (AvgIpc) is 2.71. The number of ether oxygens (including phenoxy) is 3. The molecule has 2 fully saturated rings. The Labute approximate surface area is 182 Å². The number of hydrogen-bond donors (Lipinski definition) is 2. The van der Waals surface area contributed by atoms with Gasteiger partial charge in [0.05, 0.1) is 29.6 Å². The van der Waals surface area contributed by atoms with Gasteiger partial charge in [-0.2, -0.15) is 5.26 Å². The fraction of sp³-hybridized carbons (Fsp3) is 0.545. The standard InChI is InChI=1S/C22H30N4O5/c1-16(2)30-22(28)24-7-8-25-11-20-13-26(14-21(12-25)31-20)10-18(27)15-29-19-5-3-17(9-23)4-6-19/h3-6,18,20-21,27H,1,7-8,10-15H2,2H3,(H,24,28)/t18-,20?,21?/m0/s1. The number of aliphatic hydroxyl groups is 1. The Kier molecular flexibility index (Phi) is 8.26. The summed E-state index contributed by atoms with van der Waals surface area (Å²) in [6.45, 7) is 10.1. The van der Waals surface area contributed by atoms with Crippen LogP contribution in [-0.4, -0.2) is 91.7 Å². The van der Waals surface area contributed by atoms with Crippen molar-refractivity contribution in [3.8, 4) is 11.8 Å². The smallest absolute Gasteiger partial charge is 0.412 e. The van der Waals surface area contributed by atoms with Crippen LogP contribution in [0.1, 0.15) is 12.5 Å². The number of amides is 1. The van der Waals surface area contributed by atoms with Crippen LogP contribution in [0.4, 0.5) is 4.79 Å². The lowest BCUT2D eigenvalue weighted by atomic mass is 10.1. The van der Waals surface area contributed by atoms with Crippen molar-refractivity contribution in [1.82, 2.24) is 15.1 Å². The molecule has 2 aliphatic rings. The third kappa shape index (κ3) is 7.52. The highest BCUT2D eigenvalue weighted by molar-refractivity contribution is 5.68. The quantitative estimate of drug-likeness (QED) is 0.558. The van der Waals surface area contributed by atoms with Crippen LogP contribution in [-0.2, 0) is 9.47 Å². The summed E-state index contributed by atoms with van der Waals surface area (Å²) in [4.78, 5) is 16.0. The molecule has 2 bridgehead atoms. The van der Waals surface area contributed by atoms with Gasteiger partial charge in [0.2, 0.25) is 0 Å². The Balaban J connectivity index is 1.36.